The van der Waals surface area contributed by atoms with Gasteiger partial charge in [-0.25, -0.2) is 0 Å². The van der Waals surface area contributed by atoms with Crippen molar-refractivity contribution in [3.05, 3.63) is 29.8 Å². The van der Waals surface area contributed by atoms with Gasteiger partial charge in [-0.15, -0.1) is 0 Å². The maximum atomic E-state index is 12.1. The summed E-state index contributed by atoms with van der Waals surface area (Å²) in [5.74, 6) is -1.15. The van der Waals surface area contributed by atoms with Gasteiger partial charge in [0.05, 0.1) is 12.5 Å². The van der Waals surface area contributed by atoms with E-state index in [0.717, 1.165) is 13.0 Å². The van der Waals surface area contributed by atoms with E-state index in [0.29, 0.717) is 24.2 Å². The zero-order valence-corrected chi connectivity index (χ0v) is 10.7. The molecule has 19 heavy (non-hydrogen) atoms. The maximum Gasteiger partial charge on any atom is 0.307 e. The van der Waals surface area contributed by atoms with Gasteiger partial charge in [-0.05, 0) is 31.5 Å². The fraction of sp³-hybridized carbons (Fsp3) is 0.429. The lowest BCUT2D eigenvalue weighted by Crippen LogP contribution is -2.41. The third kappa shape index (κ3) is 3.54. The van der Waals surface area contributed by atoms with Crippen LogP contribution in [0.3, 0.4) is 0 Å². The van der Waals surface area contributed by atoms with E-state index in [1.165, 1.54) is 0 Å². The third-order valence-corrected chi connectivity index (χ3v) is 3.43. The topological polar surface area (TPSA) is 83.6 Å². The molecular weight excluding hydrogens is 244 g/mol. The number of rotatable bonds is 4. The van der Waals surface area contributed by atoms with Gasteiger partial charge in [-0.3, -0.25) is 14.5 Å². The molecule has 1 aromatic carbocycles. The highest BCUT2D eigenvalue weighted by Gasteiger charge is 2.26. The quantitative estimate of drug-likeness (QED) is 0.630. The average Bonchev–Trinajstić information content (AvgIpc) is 2.39. The normalized spacial score (nSPS) is 20.1. The summed E-state index contributed by atoms with van der Waals surface area (Å²) in [4.78, 5) is 25.0. The molecule has 3 N–H and O–H groups in total. The van der Waals surface area contributed by atoms with Crippen LogP contribution in [-0.4, -0.2) is 41.4 Å². The van der Waals surface area contributed by atoms with Crippen LogP contribution in [-0.2, 0) is 4.79 Å². The molecule has 102 valence electrons. The number of Topliss-reactive ketones (excluding diaryl/α,β-unsaturated/α-hetero) is 1. The number of ketones is 1. The largest absolute Gasteiger partial charge is 0.481 e. The lowest BCUT2D eigenvalue weighted by molar-refractivity contribution is -0.143. The van der Waals surface area contributed by atoms with Crippen molar-refractivity contribution in [1.29, 1.82) is 0 Å². The van der Waals surface area contributed by atoms with E-state index in [-0.39, 0.29) is 18.2 Å². The monoisotopic (exact) mass is 262 g/mol. The Hall–Kier alpha value is -1.88. The Morgan fingerprint density at radius 2 is 2.21 bits per heavy atom. The van der Waals surface area contributed by atoms with Crippen molar-refractivity contribution in [1.82, 2.24) is 4.90 Å². The highest BCUT2D eigenvalue weighted by atomic mass is 16.4. The van der Waals surface area contributed by atoms with Crippen LogP contribution in [0.5, 0.6) is 0 Å². The number of anilines is 1. The molecule has 0 spiro atoms. The van der Waals surface area contributed by atoms with Gasteiger partial charge in [0.2, 0.25) is 0 Å². The van der Waals surface area contributed by atoms with Crippen molar-refractivity contribution < 1.29 is 14.7 Å². The van der Waals surface area contributed by atoms with E-state index in [9.17, 15) is 9.59 Å². The standard InChI is InChI=1S/C14H18N2O3/c15-12-5-1-3-10(7-12)13(17)9-16-6-2-4-11(8-16)14(18)19/h1,3,5,7,11H,2,4,6,8-9,15H2,(H,18,19). The molecule has 0 saturated carbocycles. The molecule has 2 rings (SSSR count). The van der Waals surface area contributed by atoms with Gasteiger partial charge in [-0.2, -0.15) is 0 Å². The predicted octanol–water partition coefficient (Wildman–Crippen LogP) is 1.25. The molecule has 1 aliphatic heterocycles. The number of nitrogens with two attached hydrogens (primary N) is 1. The number of aliphatic carboxylic acids is 1. The minimum absolute atomic E-state index is 0.0154. The zero-order chi connectivity index (χ0) is 13.8. The van der Waals surface area contributed by atoms with Crippen LogP contribution in [0.1, 0.15) is 23.2 Å². The zero-order valence-electron chi connectivity index (χ0n) is 10.7. The minimum Gasteiger partial charge on any atom is -0.481 e. The third-order valence-electron chi connectivity index (χ3n) is 3.43. The molecule has 5 nitrogen and oxygen atoms in total. The van der Waals surface area contributed by atoms with E-state index < -0.39 is 5.97 Å². The fourth-order valence-corrected chi connectivity index (χ4v) is 2.41. The van der Waals surface area contributed by atoms with Crippen LogP contribution < -0.4 is 5.73 Å². The first-order chi connectivity index (χ1) is 9.06. The first-order valence-electron chi connectivity index (χ1n) is 6.40. The van der Waals surface area contributed by atoms with E-state index >= 15 is 0 Å². The van der Waals surface area contributed by atoms with E-state index in [4.69, 9.17) is 10.8 Å². The molecule has 1 saturated heterocycles. The summed E-state index contributed by atoms with van der Waals surface area (Å²) in [7, 11) is 0. The van der Waals surface area contributed by atoms with Crippen LogP contribution in [0, 0.1) is 5.92 Å². The van der Waals surface area contributed by atoms with Crippen molar-refractivity contribution in [2.24, 2.45) is 5.92 Å². The molecule has 1 fully saturated rings. The van der Waals surface area contributed by atoms with Crippen molar-refractivity contribution in [3.63, 3.8) is 0 Å². The van der Waals surface area contributed by atoms with Crippen molar-refractivity contribution in [2.75, 3.05) is 25.4 Å². The van der Waals surface area contributed by atoms with Gasteiger partial charge in [0, 0.05) is 17.8 Å². The Balaban J connectivity index is 1.97. The van der Waals surface area contributed by atoms with Crippen molar-refractivity contribution in [2.45, 2.75) is 12.8 Å². The summed E-state index contributed by atoms with van der Waals surface area (Å²) in [5, 5.41) is 9.02. The number of hydrogen-bond acceptors (Lipinski definition) is 4. The van der Waals surface area contributed by atoms with Crippen LogP contribution in [0.15, 0.2) is 24.3 Å². The predicted molar refractivity (Wildman–Crippen MR) is 72.0 cm³/mol. The minimum atomic E-state index is -0.777. The average molecular weight is 262 g/mol. The molecule has 0 aromatic heterocycles. The molecule has 1 unspecified atom stereocenters. The van der Waals surface area contributed by atoms with Crippen molar-refractivity contribution in [3.8, 4) is 0 Å². The lowest BCUT2D eigenvalue weighted by atomic mass is 9.97. The lowest BCUT2D eigenvalue weighted by Gasteiger charge is -2.29. The molecule has 0 bridgehead atoms. The SMILES string of the molecule is Nc1cccc(C(=O)CN2CCCC(C(=O)O)C2)c1. The summed E-state index contributed by atoms with van der Waals surface area (Å²) in [5.41, 5.74) is 6.79. The first-order valence-corrected chi connectivity index (χ1v) is 6.40. The molecular formula is C14H18N2O3. The van der Waals surface area contributed by atoms with Gasteiger partial charge in [-0.1, -0.05) is 12.1 Å². The Bertz CT molecular complexity index is 487. The number of carbonyl (C=O) groups is 2. The molecule has 5 heteroatoms. The summed E-state index contributed by atoms with van der Waals surface area (Å²) in [6, 6.07) is 6.87. The highest BCUT2D eigenvalue weighted by molar-refractivity contribution is 5.98. The fourth-order valence-electron chi connectivity index (χ4n) is 2.41. The number of carbonyl (C=O) groups excluding carboxylic acids is 1. The summed E-state index contributed by atoms with van der Waals surface area (Å²) in [6.45, 7) is 1.48. The van der Waals surface area contributed by atoms with Crippen LogP contribution in [0.4, 0.5) is 5.69 Å². The molecule has 0 aliphatic carbocycles. The van der Waals surface area contributed by atoms with Gasteiger partial charge in [0.1, 0.15) is 0 Å². The number of hydrogen-bond donors (Lipinski definition) is 2. The van der Waals surface area contributed by atoms with Gasteiger partial charge in [0.25, 0.3) is 0 Å². The summed E-state index contributed by atoms with van der Waals surface area (Å²) in [6.07, 6.45) is 1.51. The number of carboxylic acid groups (broad SMARTS) is 1. The second-order valence-corrected chi connectivity index (χ2v) is 4.96. The smallest absolute Gasteiger partial charge is 0.307 e. The molecule has 0 radical (unpaired) electrons. The molecule has 1 heterocycles. The van der Waals surface area contributed by atoms with E-state index in [1.807, 2.05) is 4.90 Å². The number of nitrogen functional groups attached to an aromatic ring is 1. The number of likely N-dealkylation sites (tertiary alicyclic amines) is 1. The number of piperidine rings is 1. The van der Waals surface area contributed by atoms with Crippen LogP contribution in [0.25, 0.3) is 0 Å². The Morgan fingerprint density at radius 1 is 1.42 bits per heavy atom. The maximum absolute atomic E-state index is 12.1. The Kier molecular flexibility index (Phi) is 4.16. The van der Waals surface area contributed by atoms with E-state index in [1.54, 1.807) is 24.3 Å². The van der Waals surface area contributed by atoms with Gasteiger partial charge < -0.3 is 10.8 Å². The second kappa shape index (κ2) is 5.84. The van der Waals surface area contributed by atoms with Crippen LogP contribution >= 0.6 is 0 Å². The second-order valence-electron chi connectivity index (χ2n) is 4.96. The first kappa shape index (κ1) is 13.5. The number of nitrogens with zero attached hydrogens (tertiary/aromatic N) is 1. The molecule has 1 aromatic rings. The Labute approximate surface area is 112 Å². The molecule has 0 amide bonds. The summed E-state index contributed by atoms with van der Waals surface area (Å²) >= 11 is 0. The Morgan fingerprint density at radius 3 is 2.89 bits per heavy atom. The van der Waals surface area contributed by atoms with Gasteiger partial charge in [0.15, 0.2) is 5.78 Å². The van der Waals surface area contributed by atoms with Crippen LogP contribution in [0.2, 0.25) is 0 Å². The van der Waals surface area contributed by atoms with Crippen molar-refractivity contribution >= 4 is 17.4 Å². The number of carboxylic acids is 1. The highest BCUT2D eigenvalue weighted by Crippen LogP contribution is 2.17. The van der Waals surface area contributed by atoms with E-state index in [2.05, 4.69) is 0 Å². The summed E-state index contributed by atoms with van der Waals surface area (Å²) < 4.78 is 0. The van der Waals surface area contributed by atoms with Gasteiger partial charge >= 0.3 is 5.97 Å². The molecule has 1 aliphatic rings. The number of benzene rings is 1. The molecule has 1 atom stereocenters.